The van der Waals surface area contributed by atoms with Crippen molar-refractivity contribution in [3.05, 3.63) is 48.0 Å². The Hall–Kier alpha value is -2.05. The zero-order chi connectivity index (χ0) is 20.4. The third kappa shape index (κ3) is 7.52. The summed E-state index contributed by atoms with van der Waals surface area (Å²) in [7, 11) is -4.22. The quantitative estimate of drug-likeness (QED) is 0.328. The Balaban J connectivity index is 1.80. The van der Waals surface area contributed by atoms with Gasteiger partial charge in [0.2, 0.25) is 0 Å². The van der Waals surface area contributed by atoms with E-state index in [-0.39, 0.29) is 10.6 Å². The molecule has 0 bridgehead atoms. The van der Waals surface area contributed by atoms with Crippen LogP contribution in [0.4, 0.5) is 0 Å². The molecule has 0 aliphatic rings. The second-order valence-corrected chi connectivity index (χ2v) is 8.49. The smallest absolute Gasteiger partial charge is 0.294 e. The number of phenols is 1. The Kier molecular flexibility index (Phi) is 8.80. The fourth-order valence-electron chi connectivity index (χ4n) is 3.08. The molecule has 0 aliphatic heterocycles. The predicted octanol–water partition coefficient (Wildman–Crippen LogP) is 6.11. The Morgan fingerprint density at radius 2 is 1.39 bits per heavy atom. The molecule has 0 aliphatic carbocycles. The third-order valence-corrected chi connectivity index (χ3v) is 5.58. The predicted molar refractivity (Wildman–Crippen MR) is 111 cm³/mol. The molecule has 2 N–H and O–H groups in total. The molecule has 6 heteroatoms. The van der Waals surface area contributed by atoms with Gasteiger partial charge in [0.05, 0.1) is 4.90 Å². The van der Waals surface area contributed by atoms with Crippen molar-refractivity contribution in [1.29, 1.82) is 0 Å². The van der Waals surface area contributed by atoms with Gasteiger partial charge in [-0.15, -0.1) is 0 Å². The second kappa shape index (κ2) is 11.1. The molecule has 0 fully saturated rings. The van der Waals surface area contributed by atoms with Gasteiger partial charge in [0.25, 0.3) is 10.1 Å². The number of benzene rings is 2. The fraction of sp³-hybridized carbons (Fsp3) is 0.455. The molecule has 0 saturated heterocycles. The number of hydrogen-bond acceptors (Lipinski definition) is 4. The van der Waals surface area contributed by atoms with Gasteiger partial charge in [-0.25, -0.2) is 0 Å². The van der Waals surface area contributed by atoms with Gasteiger partial charge in [-0.2, -0.15) is 8.42 Å². The summed E-state index contributed by atoms with van der Waals surface area (Å²) in [5, 5.41) is 10.2. The summed E-state index contributed by atoms with van der Waals surface area (Å²) in [6.45, 7) is 2.22. The van der Waals surface area contributed by atoms with Gasteiger partial charge in [0, 0.05) is 6.07 Å². The van der Waals surface area contributed by atoms with Gasteiger partial charge >= 0.3 is 0 Å². The first kappa shape index (κ1) is 22.2. The molecule has 0 unspecified atom stereocenters. The van der Waals surface area contributed by atoms with Crippen LogP contribution in [0.25, 0.3) is 0 Å². The van der Waals surface area contributed by atoms with E-state index in [1.54, 1.807) is 12.1 Å². The lowest BCUT2D eigenvalue weighted by molar-refractivity contribution is 0.448. The highest BCUT2D eigenvalue weighted by Gasteiger charge is 2.10. The van der Waals surface area contributed by atoms with Gasteiger partial charge in [0.15, 0.2) is 0 Å². The molecule has 0 atom stereocenters. The SMILES string of the molecule is CCCCCCCCCCc1ccc(Oc2ccc(S(=O)(=O)O)cc2)cc1O. The number of phenolic OH excluding ortho intramolecular Hbond substituents is 1. The van der Waals surface area contributed by atoms with Crippen LogP contribution in [0, 0.1) is 0 Å². The van der Waals surface area contributed by atoms with Crippen LogP contribution in [0.3, 0.4) is 0 Å². The van der Waals surface area contributed by atoms with Crippen LogP contribution >= 0.6 is 0 Å². The highest BCUT2D eigenvalue weighted by Crippen LogP contribution is 2.29. The first-order chi connectivity index (χ1) is 13.4. The van der Waals surface area contributed by atoms with Crippen LogP contribution in [0.15, 0.2) is 47.4 Å². The molecule has 2 aromatic carbocycles. The molecule has 28 heavy (non-hydrogen) atoms. The number of rotatable bonds is 12. The van der Waals surface area contributed by atoms with E-state index in [1.807, 2.05) is 6.07 Å². The average Bonchev–Trinajstić information content (AvgIpc) is 2.65. The van der Waals surface area contributed by atoms with Crippen LogP contribution in [-0.4, -0.2) is 18.1 Å². The molecule has 0 amide bonds. The molecule has 0 radical (unpaired) electrons. The Morgan fingerprint density at radius 1 is 0.821 bits per heavy atom. The lowest BCUT2D eigenvalue weighted by atomic mass is 10.0. The molecular formula is C22H30O5S. The largest absolute Gasteiger partial charge is 0.508 e. The maximum Gasteiger partial charge on any atom is 0.294 e. The zero-order valence-corrected chi connectivity index (χ0v) is 17.2. The van der Waals surface area contributed by atoms with Crippen LogP contribution in [-0.2, 0) is 16.5 Å². The monoisotopic (exact) mass is 406 g/mol. The number of aromatic hydroxyl groups is 1. The Morgan fingerprint density at radius 3 is 1.96 bits per heavy atom. The van der Waals surface area contributed by atoms with E-state index in [4.69, 9.17) is 9.29 Å². The Bertz CT molecular complexity index is 829. The zero-order valence-electron chi connectivity index (χ0n) is 16.4. The summed E-state index contributed by atoms with van der Waals surface area (Å²) < 4.78 is 36.7. The maximum atomic E-state index is 11.1. The van der Waals surface area contributed by atoms with E-state index in [0.717, 1.165) is 18.4 Å². The first-order valence-corrected chi connectivity index (χ1v) is 11.4. The van der Waals surface area contributed by atoms with E-state index in [1.165, 1.54) is 69.2 Å². The van der Waals surface area contributed by atoms with E-state index < -0.39 is 10.1 Å². The highest BCUT2D eigenvalue weighted by molar-refractivity contribution is 7.85. The number of hydrogen-bond donors (Lipinski definition) is 2. The third-order valence-electron chi connectivity index (χ3n) is 4.71. The van der Waals surface area contributed by atoms with E-state index in [0.29, 0.717) is 11.5 Å². The first-order valence-electron chi connectivity index (χ1n) is 9.97. The van der Waals surface area contributed by atoms with E-state index in [9.17, 15) is 13.5 Å². The van der Waals surface area contributed by atoms with E-state index >= 15 is 0 Å². The van der Waals surface area contributed by atoms with Gasteiger partial charge in [-0.1, -0.05) is 57.9 Å². The summed E-state index contributed by atoms with van der Waals surface area (Å²) in [4.78, 5) is -0.191. The van der Waals surface area contributed by atoms with Crippen molar-refractivity contribution in [2.45, 2.75) is 69.6 Å². The molecule has 0 heterocycles. The maximum absolute atomic E-state index is 11.1. The molecule has 5 nitrogen and oxygen atoms in total. The molecule has 2 rings (SSSR count). The molecule has 0 spiro atoms. The van der Waals surface area contributed by atoms with Crippen LogP contribution in [0.5, 0.6) is 17.2 Å². The van der Waals surface area contributed by atoms with Crippen molar-refractivity contribution < 1.29 is 22.8 Å². The fourth-order valence-corrected chi connectivity index (χ4v) is 3.56. The lowest BCUT2D eigenvalue weighted by Gasteiger charge is -2.09. The molecule has 154 valence electrons. The second-order valence-electron chi connectivity index (χ2n) is 7.06. The van der Waals surface area contributed by atoms with Crippen LogP contribution in [0.1, 0.15) is 63.9 Å². The van der Waals surface area contributed by atoms with Crippen molar-refractivity contribution in [2.24, 2.45) is 0 Å². The molecule has 2 aromatic rings. The van der Waals surface area contributed by atoms with Gasteiger partial charge in [-0.05, 0) is 48.7 Å². The van der Waals surface area contributed by atoms with Crippen molar-refractivity contribution in [3.8, 4) is 17.2 Å². The molecule has 0 saturated carbocycles. The summed E-state index contributed by atoms with van der Waals surface area (Å²) in [6, 6.07) is 10.6. The van der Waals surface area contributed by atoms with Crippen molar-refractivity contribution >= 4 is 10.1 Å². The van der Waals surface area contributed by atoms with Gasteiger partial charge in [0.1, 0.15) is 17.2 Å². The summed E-state index contributed by atoms with van der Waals surface area (Å²) in [6.07, 6.45) is 10.8. The minimum Gasteiger partial charge on any atom is -0.508 e. The van der Waals surface area contributed by atoms with Crippen LogP contribution < -0.4 is 4.74 Å². The minimum absolute atomic E-state index is 0.191. The van der Waals surface area contributed by atoms with Crippen LogP contribution in [0.2, 0.25) is 0 Å². The average molecular weight is 407 g/mol. The van der Waals surface area contributed by atoms with E-state index in [2.05, 4.69) is 6.92 Å². The van der Waals surface area contributed by atoms with Crippen molar-refractivity contribution in [1.82, 2.24) is 0 Å². The normalized spacial score (nSPS) is 11.5. The lowest BCUT2D eigenvalue weighted by Crippen LogP contribution is -1.97. The molecular weight excluding hydrogens is 376 g/mol. The standard InChI is InChI=1S/C22H30O5S/c1-2-3-4-5-6-7-8-9-10-18-11-12-20(17-22(18)23)27-19-13-15-21(16-14-19)28(24,25)26/h11-17,23H,2-10H2,1H3,(H,24,25,26). The number of aryl methyl sites for hydroxylation is 1. The summed E-state index contributed by atoms with van der Waals surface area (Å²) in [5.41, 5.74) is 0.903. The molecule has 0 aromatic heterocycles. The van der Waals surface area contributed by atoms with Crippen molar-refractivity contribution in [2.75, 3.05) is 0 Å². The topological polar surface area (TPSA) is 83.8 Å². The Labute approximate surface area is 168 Å². The van der Waals surface area contributed by atoms with Gasteiger partial charge < -0.3 is 9.84 Å². The summed E-state index contributed by atoms with van der Waals surface area (Å²) >= 11 is 0. The van der Waals surface area contributed by atoms with Crippen molar-refractivity contribution in [3.63, 3.8) is 0 Å². The number of unbranched alkanes of at least 4 members (excludes halogenated alkanes) is 7. The minimum atomic E-state index is -4.22. The highest BCUT2D eigenvalue weighted by atomic mass is 32.2. The number of ether oxygens (including phenoxy) is 1. The summed E-state index contributed by atoms with van der Waals surface area (Å²) in [5.74, 6) is 1.09. The van der Waals surface area contributed by atoms with Gasteiger partial charge in [-0.3, -0.25) is 4.55 Å².